The van der Waals surface area contributed by atoms with Gasteiger partial charge in [-0.15, -0.1) is 0 Å². The number of aliphatic hydroxyl groups is 1. The van der Waals surface area contributed by atoms with Gasteiger partial charge in [0.25, 0.3) is 11.8 Å². The van der Waals surface area contributed by atoms with Crippen LogP contribution in [-0.4, -0.2) is 48.1 Å². The highest BCUT2D eigenvalue weighted by molar-refractivity contribution is 6.45. The standard InChI is InChI=1S/C26H27N3O4/c1-2-14-33-22-11-7-20(8-12-22)23-24(28-13-3-4-19(16-28)17-30)26(32)29(25(23)31)21-9-5-18(15-27)6-10-21/h5-12,19,30H,2-4,13-14,16-17H2,1H3. The Bertz CT molecular complexity index is 1100. The minimum absolute atomic E-state index is 0.0457. The minimum atomic E-state index is -0.395. The lowest BCUT2D eigenvalue weighted by Crippen LogP contribution is -2.40. The average Bonchev–Trinajstić information content (AvgIpc) is 3.12. The molecule has 2 aromatic carbocycles. The fourth-order valence-corrected chi connectivity index (χ4v) is 4.35. The van der Waals surface area contributed by atoms with Crippen molar-refractivity contribution in [1.29, 1.82) is 5.26 Å². The molecule has 0 bridgehead atoms. The molecule has 1 atom stereocenters. The summed E-state index contributed by atoms with van der Waals surface area (Å²) in [5.41, 5.74) is 2.25. The first kappa shape index (κ1) is 22.6. The van der Waals surface area contributed by atoms with E-state index in [1.807, 2.05) is 24.0 Å². The number of piperidine rings is 1. The average molecular weight is 446 g/mol. The second-order valence-corrected chi connectivity index (χ2v) is 8.34. The maximum atomic E-state index is 13.6. The van der Waals surface area contributed by atoms with Crippen LogP contribution in [0, 0.1) is 17.2 Å². The van der Waals surface area contributed by atoms with Crippen LogP contribution in [0.1, 0.15) is 37.3 Å². The largest absolute Gasteiger partial charge is 0.494 e. The molecule has 0 radical (unpaired) electrons. The van der Waals surface area contributed by atoms with E-state index in [1.165, 1.54) is 4.90 Å². The van der Waals surface area contributed by atoms with Crippen molar-refractivity contribution in [1.82, 2.24) is 4.90 Å². The van der Waals surface area contributed by atoms with Gasteiger partial charge in [0.15, 0.2) is 0 Å². The quantitative estimate of drug-likeness (QED) is 0.657. The zero-order chi connectivity index (χ0) is 23.4. The highest BCUT2D eigenvalue weighted by Crippen LogP contribution is 2.37. The van der Waals surface area contributed by atoms with Gasteiger partial charge in [0.2, 0.25) is 0 Å². The van der Waals surface area contributed by atoms with Crippen molar-refractivity contribution >= 4 is 23.1 Å². The van der Waals surface area contributed by atoms with Gasteiger partial charge in [0, 0.05) is 19.7 Å². The third-order valence-electron chi connectivity index (χ3n) is 6.02. The van der Waals surface area contributed by atoms with Crippen molar-refractivity contribution in [3.8, 4) is 11.8 Å². The van der Waals surface area contributed by atoms with E-state index in [4.69, 9.17) is 10.00 Å². The maximum Gasteiger partial charge on any atom is 0.282 e. The fraction of sp³-hybridized carbons (Fsp3) is 0.346. The van der Waals surface area contributed by atoms with Crippen LogP contribution in [0.3, 0.4) is 0 Å². The van der Waals surface area contributed by atoms with Crippen LogP contribution < -0.4 is 9.64 Å². The van der Waals surface area contributed by atoms with Crippen molar-refractivity contribution in [2.45, 2.75) is 26.2 Å². The first-order chi connectivity index (χ1) is 16.1. The maximum absolute atomic E-state index is 13.6. The summed E-state index contributed by atoms with van der Waals surface area (Å²) < 4.78 is 5.66. The number of amides is 2. The molecular weight excluding hydrogens is 418 g/mol. The van der Waals surface area contributed by atoms with Crippen LogP contribution in [0.4, 0.5) is 5.69 Å². The molecule has 7 nitrogen and oxygen atoms in total. The Kier molecular flexibility index (Phi) is 6.76. The number of anilines is 1. The number of carbonyl (C=O) groups is 2. The van der Waals surface area contributed by atoms with E-state index in [0.717, 1.165) is 19.3 Å². The molecule has 2 aliphatic heterocycles. The summed E-state index contributed by atoms with van der Waals surface area (Å²) >= 11 is 0. The SMILES string of the molecule is CCCOc1ccc(C2=C(N3CCCC(CO)C3)C(=O)N(c3ccc(C#N)cc3)C2=O)cc1. The highest BCUT2D eigenvalue weighted by atomic mass is 16.5. The highest BCUT2D eigenvalue weighted by Gasteiger charge is 2.43. The van der Waals surface area contributed by atoms with Crippen molar-refractivity contribution in [3.63, 3.8) is 0 Å². The number of ether oxygens (including phenoxy) is 1. The summed E-state index contributed by atoms with van der Waals surface area (Å²) in [7, 11) is 0. The predicted octanol–water partition coefficient (Wildman–Crippen LogP) is 3.34. The number of nitriles is 1. The molecule has 1 unspecified atom stereocenters. The Morgan fingerprint density at radius 1 is 1.09 bits per heavy atom. The molecule has 33 heavy (non-hydrogen) atoms. The molecule has 0 spiro atoms. The summed E-state index contributed by atoms with van der Waals surface area (Å²) in [5.74, 6) is -0.0105. The third-order valence-corrected chi connectivity index (χ3v) is 6.02. The molecule has 2 heterocycles. The number of benzene rings is 2. The van der Waals surface area contributed by atoms with E-state index in [0.29, 0.717) is 53.5 Å². The summed E-state index contributed by atoms with van der Waals surface area (Å²) in [6.07, 6.45) is 2.62. The molecule has 170 valence electrons. The Morgan fingerprint density at radius 3 is 2.45 bits per heavy atom. The zero-order valence-corrected chi connectivity index (χ0v) is 18.7. The van der Waals surface area contributed by atoms with Gasteiger partial charge in [-0.05, 0) is 67.1 Å². The van der Waals surface area contributed by atoms with Gasteiger partial charge in [0.1, 0.15) is 11.4 Å². The predicted molar refractivity (Wildman–Crippen MR) is 124 cm³/mol. The topological polar surface area (TPSA) is 93.9 Å². The van der Waals surface area contributed by atoms with Crippen molar-refractivity contribution in [3.05, 3.63) is 65.4 Å². The van der Waals surface area contributed by atoms with Gasteiger partial charge in [-0.2, -0.15) is 5.26 Å². The molecule has 1 saturated heterocycles. The van der Waals surface area contributed by atoms with E-state index < -0.39 is 5.91 Å². The van der Waals surface area contributed by atoms with E-state index in [9.17, 15) is 14.7 Å². The van der Waals surface area contributed by atoms with Crippen LogP contribution >= 0.6 is 0 Å². The van der Waals surface area contributed by atoms with E-state index in [-0.39, 0.29) is 18.4 Å². The minimum Gasteiger partial charge on any atom is -0.494 e. The Labute approximate surface area is 193 Å². The molecule has 1 N–H and O–H groups in total. The Morgan fingerprint density at radius 2 is 1.82 bits per heavy atom. The molecule has 0 aliphatic carbocycles. The second-order valence-electron chi connectivity index (χ2n) is 8.34. The number of hydrogen-bond acceptors (Lipinski definition) is 6. The Balaban J connectivity index is 1.74. The van der Waals surface area contributed by atoms with Crippen LogP contribution in [0.2, 0.25) is 0 Å². The normalized spacial score (nSPS) is 18.6. The van der Waals surface area contributed by atoms with Crippen molar-refractivity contribution < 1.29 is 19.4 Å². The molecule has 1 fully saturated rings. The van der Waals surface area contributed by atoms with Crippen molar-refractivity contribution in [2.75, 3.05) is 31.2 Å². The molecular formula is C26H27N3O4. The van der Waals surface area contributed by atoms with Gasteiger partial charge < -0.3 is 14.7 Å². The number of nitrogens with zero attached hydrogens (tertiary/aromatic N) is 3. The van der Waals surface area contributed by atoms with Gasteiger partial charge in [-0.25, -0.2) is 4.90 Å². The van der Waals surface area contributed by atoms with Gasteiger partial charge in [-0.3, -0.25) is 9.59 Å². The lowest BCUT2D eigenvalue weighted by Gasteiger charge is -2.34. The van der Waals surface area contributed by atoms with Gasteiger partial charge >= 0.3 is 0 Å². The lowest BCUT2D eigenvalue weighted by atomic mass is 9.97. The van der Waals surface area contributed by atoms with Gasteiger partial charge in [0.05, 0.1) is 29.5 Å². The molecule has 0 saturated carbocycles. The monoisotopic (exact) mass is 445 g/mol. The third kappa shape index (κ3) is 4.48. The van der Waals surface area contributed by atoms with Crippen molar-refractivity contribution in [2.24, 2.45) is 5.92 Å². The number of hydrogen-bond donors (Lipinski definition) is 1. The number of carbonyl (C=O) groups excluding carboxylic acids is 2. The van der Waals surface area contributed by atoms with E-state index in [2.05, 4.69) is 6.07 Å². The Hall–Kier alpha value is -3.63. The van der Waals surface area contributed by atoms with Crippen LogP contribution in [0.5, 0.6) is 5.75 Å². The zero-order valence-electron chi connectivity index (χ0n) is 18.7. The molecule has 2 aromatic rings. The number of imide groups is 1. The molecule has 2 amide bonds. The molecule has 4 rings (SSSR count). The first-order valence-corrected chi connectivity index (χ1v) is 11.3. The summed E-state index contributed by atoms with van der Waals surface area (Å²) in [4.78, 5) is 30.3. The number of aliphatic hydroxyl groups excluding tert-OH is 1. The number of likely N-dealkylation sites (tertiary alicyclic amines) is 1. The van der Waals surface area contributed by atoms with E-state index >= 15 is 0 Å². The number of rotatable bonds is 7. The van der Waals surface area contributed by atoms with Crippen LogP contribution in [-0.2, 0) is 9.59 Å². The molecule has 2 aliphatic rings. The molecule has 0 aromatic heterocycles. The fourth-order valence-electron chi connectivity index (χ4n) is 4.35. The van der Waals surface area contributed by atoms with Gasteiger partial charge in [-0.1, -0.05) is 19.1 Å². The summed E-state index contributed by atoms with van der Waals surface area (Å²) in [6.45, 7) is 3.85. The van der Waals surface area contributed by atoms with Crippen LogP contribution in [0.15, 0.2) is 54.2 Å². The lowest BCUT2D eigenvalue weighted by molar-refractivity contribution is -0.120. The van der Waals surface area contributed by atoms with E-state index in [1.54, 1.807) is 36.4 Å². The smallest absolute Gasteiger partial charge is 0.282 e. The molecule has 7 heteroatoms. The van der Waals surface area contributed by atoms with Crippen LogP contribution in [0.25, 0.3) is 5.57 Å². The second kappa shape index (κ2) is 9.88. The summed E-state index contributed by atoms with van der Waals surface area (Å²) in [6, 6.07) is 15.7. The summed E-state index contributed by atoms with van der Waals surface area (Å²) in [5, 5.41) is 18.8. The first-order valence-electron chi connectivity index (χ1n) is 11.3.